The van der Waals surface area contributed by atoms with Crippen molar-refractivity contribution >= 4 is 51.4 Å². The van der Waals surface area contributed by atoms with E-state index in [4.69, 9.17) is 15.9 Å². The van der Waals surface area contributed by atoms with Gasteiger partial charge in [0.15, 0.2) is 0 Å². The summed E-state index contributed by atoms with van der Waals surface area (Å²) < 4.78 is 5.75. The molecule has 2 heterocycles. The number of fused-ring (bicyclic) bond motifs is 3. The number of nitrogens with one attached hydrogen (secondary N) is 2. The van der Waals surface area contributed by atoms with Crippen LogP contribution in [-0.4, -0.2) is 47.2 Å². The Balaban J connectivity index is 0.000000336. The van der Waals surface area contributed by atoms with E-state index in [2.05, 4.69) is 22.2 Å². The number of hydrogen-bond donors (Lipinski definition) is 3. The number of amides is 1. The van der Waals surface area contributed by atoms with Crippen molar-refractivity contribution in [3.05, 3.63) is 34.5 Å². The molecule has 8 nitrogen and oxygen atoms in total. The quantitative estimate of drug-likeness (QED) is 0.255. The number of nitrogen functional groups attached to an aromatic ring is 1. The van der Waals surface area contributed by atoms with Crippen LogP contribution in [0.4, 0.5) is 17.2 Å². The maximum absolute atomic E-state index is 9.91. The zero-order valence-electron chi connectivity index (χ0n) is 19.9. The second kappa shape index (κ2) is 10.4. The van der Waals surface area contributed by atoms with E-state index in [1.54, 1.807) is 28.6 Å². The van der Waals surface area contributed by atoms with E-state index < -0.39 is 0 Å². The fraction of sp³-hybridized carbons (Fsp3) is 0.440. The lowest BCUT2D eigenvalue weighted by Crippen LogP contribution is -2.17. The molecule has 0 spiro atoms. The maximum atomic E-state index is 9.91. The Bertz CT molecular complexity index is 1190. The number of aryl methyl sites for hydroxylation is 1. The first kappa shape index (κ1) is 23.9. The van der Waals surface area contributed by atoms with Crippen molar-refractivity contribution in [2.45, 2.75) is 52.0 Å². The van der Waals surface area contributed by atoms with Crippen LogP contribution in [0.25, 0.3) is 10.2 Å². The number of hydrogen-bond acceptors (Lipinski definition) is 8. The number of benzene rings is 1. The average molecular weight is 481 g/mol. The van der Waals surface area contributed by atoms with E-state index in [1.165, 1.54) is 35.9 Å². The van der Waals surface area contributed by atoms with Gasteiger partial charge >= 0.3 is 0 Å². The van der Waals surface area contributed by atoms with Crippen molar-refractivity contribution in [3.8, 4) is 5.75 Å². The monoisotopic (exact) mass is 480 g/mol. The molecule has 1 fully saturated rings. The third-order valence-corrected chi connectivity index (χ3v) is 7.44. The van der Waals surface area contributed by atoms with Crippen LogP contribution in [0.2, 0.25) is 0 Å². The Kier molecular flexibility index (Phi) is 7.31. The molecule has 5 rings (SSSR count). The summed E-state index contributed by atoms with van der Waals surface area (Å²) in [5.41, 5.74) is 9.32. The molecule has 2 aromatic heterocycles. The van der Waals surface area contributed by atoms with E-state index in [1.807, 2.05) is 20.0 Å². The van der Waals surface area contributed by atoms with E-state index >= 15 is 0 Å². The molecule has 1 unspecified atom stereocenters. The van der Waals surface area contributed by atoms with Crippen molar-refractivity contribution in [2.24, 2.45) is 5.92 Å². The molecule has 180 valence electrons. The minimum atomic E-state index is 0.522. The minimum Gasteiger partial charge on any atom is -0.492 e. The second-order valence-electron chi connectivity index (χ2n) is 8.94. The fourth-order valence-corrected chi connectivity index (χ4v) is 5.53. The van der Waals surface area contributed by atoms with Gasteiger partial charge in [-0.2, -0.15) is 0 Å². The first-order chi connectivity index (χ1) is 16.4. The van der Waals surface area contributed by atoms with E-state index in [0.717, 1.165) is 41.0 Å². The predicted octanol–water partition coefficient (Wildman–Crippen LogP) is 4.78. The van der Waals surface area contributed by atoms with Crippen LogP contribution in [-0.2, 0) is 17.6 Å². The molecule has 2 aliphatic rings. The van der Waals surface area contributed by atoms with Gasteiger partial charge in [-0.3, -0.25) is 4.79 Å². The normalized spacial score (nSPS) is 16.7. The molecule has 4 N–H and O–H groups in total. The van der Waals surface area contributed by atoms with Crippen molar-refractivity contribution < 1.29 is 9.53 Å². The molecule has 2 aliphatic carbocycles. The number of rotatable bonds is 7. The predicted molar refractivity (Wildman–Crippen MR) is 139 cm³/mol. The lowest BCUT2D eigenvalue weighted by molar-refractivity contribution is -0.117. The highest BCUT2D eigenvalue weighted by Crippen LogP contribution is 2.41. The van der Waals surface area contributed by atoms with Gasteiger partial charge in [0, 0.05) is 41.5 Å². The summed E-state index contributed by atoms with van der Waals surface area (Å²) in [6.45, 7) is 4.77. The molecule has 0 radical (unpaired) electrons. The number of anilines is 3. The number of nitrogens with two attached hydrogens (primary N) is 1. The highest BCUT2D eigenvalue weighted by molar-refractivity contribution is 7.19. The second-order valence-corrected chi connectivity index (χ2v) is 10.0. The Morgan fingerprint density at radius 1 is 1.32 bits per heavy atom. The van der Waals surface area contributed by atoms with Gasteiger partial charge in [0.1, 0.15) is 22.7 Å². The van der Waals surface area contributed by atoms with Gasteiger partial charge in [0.25, 0.3) is 0 Å². The van der Waals surface area contributed by atoms with Gasteiger partial charge in [-0.25, -0.2) is 9.97 Å². The van der Waals surface area contributed by atoms with Crippen LogP contribution >= 0.6 is 11.3 Å². The smallest absolute Gasteiger partial charge is 0.209 e. The SMILES string of the molecule is CCOc1cc(N)c(C=N)cc1Nc1ncnc2sc3c(c12)CCC(C)C3.CN(C=O)C1CC1. The van der Waals surface area contributed by atoms with Gasteiger partial charge in [0.2, 0.25) is 6.41 Å². The number of carbonyl (C=O) groups is 1. The zero-order valence-corrected chi connectivity index (χ0v) is 20.7. The van der Waals surface area contributed by atoms with Gasteiger partial charge in [-0.05, 0) is 56.6 Å². The van der Waals surface area contributed by atoms with Crippen molar-refractivity contribution in [3.63, 3.8) is 0 Å². The first-order valence-electron chi connectivity index (χ1n) is 11.7. The molecule has 1 aromatic carbocycles. The van der Waals surface area contributed by atoms with Crippen molar-refractivity contribution in [1.82, 2.24) is 14.9 Å². The summed E-state index contributed by atoms with van der Waals surface area (Å²) in [6.07, 6.45) is 9.51. The molecule has 3 aromatic rings. The van der Waals surface area contributed by atoms with E-state index in [-0.39, 0.29) is 0 Å². The van der Waals surface area contributed by atoms with E-state index in [9.17, 15) is 4.79 Å². The third-order valence-electron chi connectivity index (χ3n) is 6.27. The Morgan fingerprint density at radius 3 is 2.76 bits per heavy atom. The molecule has 1 amide bonds. The summed E-state index contributed by atoms with van der Waals surface area (Å²) in [5.74, 6) is 2.16. The average Bonchev–Trinajstić information content (AvgIpc) is 3.61. The first-order valence-corrected chi connectivity index (χ1v) is 12.5. The fourth-order valence-electron chi connectivity index (χ4n) is 4.18. The third kappa shape index (κ3) is 5.14. The lowest BCUT2D eigenvalue weighted by atomic mass is 9.89. The van der Waals surface area contributed by atoms with Crippen molar-refractivity contribution in [1.29, 1.82) is 5.41 Å². The van der Waals surface area contributed by atoms with Crippen LogP contribution in [0.5, 0.6) is 5.75 Å². The van der Waals surface area contributed by atoms with Gasteiger partial charge in [-0.1, -0.05) is 6.92 Å². The molecule has 1 atom stereocenters. The topological polar surface area (TPSA) is 117 Å². The molecule has 0 aliphatic heterocycles. The zero-order chi connectivity index (χ0) is 24.2. The van der Waals surface area contributed by atoms with E-state index in [0.29, 0.717) is 35.6 Å². The summed E-state index contributed by atoms with van der Waals surface area (Å²) in [6, 6.07) is 4.18. The summed E-state index contributed by atoms with van der Waals surface area (Å²) in [4.78, 5) is 23.1. The van der Waals surface area contributed by atoms with Crippen LogP contribution in [0.15, 0.2) is 18.5 Å². The molecule has 9 heteroatoms. The standard InChI is InChI=1S/C20H23N5OS.C5H9NO/c1-3-26-16-8-14(22)12(9-21)7-15(16)25-19-18-13-5-4-11(2)6-17(13)27-20(18)24-10-23-19;1-6(4-7)5-2-3-5/h7-11,21H,3-6,22H2,1-2H3,(H,23,24,25);4-5H,2-3H2,1H3. The largest absolute Gasteiger partial charge is 0.492 e. The lowest BCUT2D eigenvalue weighted by Gasteiger charge is -2.19. The van der Waals surface area contributed by atoms with Gasteiger partial charge in [0.05, 0.1) is 17.7 Å². The summed E-state index contributed by atoms with van der Waals surface area (Å²) in [7, 11) is 1.82. The van der Waals surface area contributed by atoms with Crippen molar-refractivity contribution in [2.75, 3.05) is 24.7 Å². The molecular formula is C25H32N6O2S. The molecule has 1 saturated carbocycles. The maximum Gasteiger partial charge on any atom is 0.209 e. The highest BCUT2D eigenvalue weighted by Gasteiger charge is 2.25. The highest BCUT2D eigenvalue weighted by atomic mass is 32.1. The Labute approximate surface area is 204 Å². The van der Waals surface area contributed by atoms with Crippen LogP contribution in [0.3, 0.4) is 0 Å². The molecule has 0 bridgehead atoms. The van der Waals surface area contributed by atoms with Crippen LogP contribution in [0.1, 0.15) is 49.1 Å². The Morgan fingerprint density at radius 2 is 2.12 bits per heavy atom. The number of ether oxygens (including phenoxy) is 1. The number of nitrogens with zero attached hydrogens (tertiary/aromatic N) is 3. The number of thiophene rings is 1. The Hall–Kier alpha value is -3.20. The van der Waals surface area contributed by atoms with Crippen LogP contribution in [0, 0.1) is 11.3 Å². The molecule has 34 heavy (non-hydrogen) atoms. The number of carbonyl (C=O) groups excluding carboxylic acids is 1. The summed E-state index contributed by atoms with van der Waals surface area (Å²) >= 11 is 1.77. The molecular weight excluding hydrogens is 448 g/mol. The number of aromatic nitrogens is 2. The summed E-state index contributed by atoms with van der Waals surface area (Å²) in [5, 5.41) is 12.1. The van der Waals surface area contributed by atoms with Gasteiger partial charge < -0.3 is 26.1 Å². The minimum absolute atomic E-state index is 0.522. The van der Waals surface area contributed by atoms with Gasteiger partial charge in [-0.15, -0.1) is 11.3 Å². The molecule has 0 saturated heterocycles. The van der Waals surface area contributed by atoms with Crippen LogP contribution < -0.4 is 15.8 Å².